The van der Waals surface area contributed by atoms with Crippen LogP contribution >= 0.6 is 11.8 Å². The Bertz CT molecular complexity index is 658. The third-order valence-electron chi connectivity index (χ3n) is 4.69. The first-order valence-electron chi connectivity index (χ1n) is 10.0. The van der Waals surface area contributed by atoms with Gasteiger partial charge in [0.2, 0.25) is 11.8 Å². The van der Waals surface area contributed by atoms with Crippen molar-refractivity contribution >= 4 is 29.5 Å². The van der Waals surface area contributed by atoms with Crippen LogP contribution in [0.15, 0.2) is 12.7 Å². The zero-order valence-electron chi connectivity index (χ0n) is 18.8. The smallest absolute Gasteiger partial charge is 0.477 e. The molecule has 184 valence electrons. The van der Waals surface area contributed by atoms with Crippen molar-refractivity contribution in [2.75, 3.05) is 31.3 Å². The van der Waals surface area contributed by atoms with E-state index in [4.69, 9.17) is 14.6 Å². The van der Waals surface area contributed by atoms with Gasteiger partial charge in [0.05, 0.1) is 25.4 Å². The topological polar surface area (TPSA) is 195 Å². The SMILES string of the molecule is C=CC(=O)NCCSCCCOC1(C(=O)O)CC(O)C(NC(C)=O)C(C(O)C(O)CO)O1.[Na+]. The van der Waals surface area contributed by atoms with E-state index in [-0.39, 0.29) is 42.1 Å². The maximum atomic E-state index is 12.0. The number of carbonyl (C=O) groups is 3. The fraction of sp³-hybridized carbons (Fsp3) is 0.737. The van der Waals surface area contributed by atoms with Crippen molar-refractivity contribution in [1.82, 2.24) is 10.6 Å². The molecule has 0 spiro atoms. The van der Waals surface area contributed by atoms with Crippen LogP contribution in [0.25, 0.3) is 0 Å². The molecule has 1 saturated heterocycles. The number of nitrogens with one attached hydrogen (secondary N) is 2. The van der Waals surface area contributed by atoms with Gasteiger partial charge in [-0.25, -0.2) is 4.79 Å². The molecule has 0 saturated carbocycles. The first-order valence-corrected chi connectivity index (χ1v) is 11.2. The fourth-order valence-corrected chi connectivity index (χ4v) is 3.87. The van der Waals surface area contributed by atoms with E-state index < -0.39 is 61.1 Å². The maximum Gasteiger partial charge on any atom is 1.00 e. The quantitative estimate of drug-likeness (QED) is 0.0679. The van der Waals surface area contributed by atoms with Crippen LogP contribution in [0.5, 0.6) is 0 Å². The summed E-state index contributed by atoms with van der Waals surface area (Å²) in [5, 5.41) is 54.5. The number of carboxylic acids is 1. The molecule has 1 heterocycles. The van der Waals surface area contributed by atoms with Gasteiger partial charge in [0.15, 0.2) is 0 Å². The number of hydrogen-bond donors (Lipinski definition) is 7. The molecular formula is C19H32N2NaO10S+. The Morgan fingerprint density at radius 3 is 2.55 bits per heavy atom. The summed E-state index contributed by atoms with van der Waals surface area (Å²) in [6.45, 7) is 4.05. The zero-order valence-corrected chi connectivity index (χ0v) is 21.6. The van der Waals surface area contributed by atoms with Gasteiger partial charge < -0.3 is 45.6 Å². The minimum atomic E-state index is -2.32. The Labute approximate surface area is 218 Å². The van der Waals surface area contributed by atoms with Gasteiger partial charge in [0.25, 0.3) is 5.79 Å². The van der Waals surface area contributed by atoms with Crippen LogP contribution in [0.1, 0.15) is 19.8 Å². The van der Waals surface area contributed by atoms with Gasteiger partial charge in [-0.3, -0.25) is 9.59 Å². The molecule has 6 atom stereocenters. The number of amides is 2. The van der Waals surface area contributed by atoms with E-state index in [2.05, 4.69) is 17.2 Å². The Hall–Kier alpha value is -0.740. The molecule has 7 N–H and O–H groups in total. The van der Waals surface area contributed by atoms with Gasteiger partial charge in [0.1, 0.15) is 18.3 Å². The summed E-state index contributed by atoms with van der Waals surface area (Å²) in [4.78, 5) is 34.5. The molecule has 1 rings (SSSR count). The molecule has 2 amide bonds. The second-order valence-corrected chi connectivity index (χ2v) is 8.41. The molecular weight excluding hydrogens is 471 g/mol. The number of hydrogen-bond acceptors (Lipinski definition) is 10. The number of thioether (sulfide) groups is 1. The van der Waals surface area contributed by atoms with Gasteiger partial charge in [-0.1, -0.05) is 6.58 Å². The summed E-state index contributed by atoms with van der Waals surface area (Å²) in [5.74, 6) is -3.49. The Morgan fingerprint density at radius 1 is 1.33 bits per heavy atom. The summed E-state index contributed by atoms with van der Waals surface area (Å²) in [6.07, 6.45) is -5.49. The third kappa shape index (κ3) is 10.2. The summed E-state index contributed by atoms with van der Waals surface area (Å²) in [6, 6.07) is -1.24. The van der Waals surface area contributed by atoms with Crippen LogP contribution in [0, 0.1) is 0 Å². The number of aliphatic carboxylic acids is 1. The number of ether oxygens (including phenoxy) is 2. The van der Waals surface area contributed by atoms with Crippen LogP contribution in [-0.2, 0) is 23.9 Å². The van der Waals surface area contributed by atoms with Gasteiger partial charge in [0, 0.05) is 25.6 Å². The normalized spacial score (nSPS) is 26.4. The van der Waals surface area contributed by atoms with Crippen molar-refractivity contribution in [2.24, 2.45) is 0 Å². The first kappa shape index (κ1) is 32.3. The van der Waals surface area contributed by atoms with Gasteiger partial charge in [-0.2, -0.15) is 11.8 Å². The van der Waals surface area contributed by atoms with E-state index in [0.29, 0.717) is 24.5 Å². The van der Waals surface area contributed by atoms with E-state index in [1.165, 1.54) is 17.8 Å². The number of aliphatic hydroxyl groups excluding tert-OH is 4. The van der Waals surface area contributed by atoms with Crippen LogP contribution in [0.3, 0.4) is 0 Å². The van der Waals surface area contributed by atoms with Crippen LogP contribution in [-0.4, -0.2) is 111 Å². The van der Waals surface area contributed by atoms with Gasteiger partial charge in [-0.05, 0) is 18.2 Å². The summed E-state index contributed by atoms with van der Waals surface area (Å²) in [5.41, 5.74) is 0. The van der Waals surface area contributed by atoms with Crippen molar-refractivity contribution in [3.8, 4) is 0 Å². The average molecular weight is 504 g/mol. The van der Waals surface area contributed by atoms with E-state index in [9.17, 15) is 34.8 Å². The molecule has 14 heteroatoms. The standard InChI is InChI=1S/C19H32N2O10S.Na/c1-3-14(26)20-5-8-32-7-4-6-30-19(18(28)29)9-12(24)15(21-11(2)23)17(31-19)16(27)13(25)10-22;/h3,12-13,15-17,22,24-25,27H,1,4-10H2,2H3,(H,20,26)(H,21,23)(H,28,29);/q;+1. The van der Waals surface area contributed by atoms with Crippen LogP contribution in [0.4, 0.5) is 0 Å². The second-order valence-electron chi connectivity index (χ2n) is 7.19. The number of carboxylic acid groups (broad SMARTS) is 1. The summed E-state index contributed by atoms with van der Waals surface area (Å²) in [7, 11) is 0. The molecule has 0 aliphatic carbocycles. The van der Waals surface area contributed by atoms with Crippen LogP contribution < -0.4 is 40.2 Å². The monoisotopic (exact) mass is 503 g/mol. The molecule has 0 bridgehead atoms. The molecule has 1 aliphatic heterocycles. The summed E-state index contributed by atoms with van der Waals surface area (Å²) < 4.78 is 11.0. The molecule has 1 fully saturated rings. The van der Waals surface area contributed by atoms with Crippen LogP contribution in [0.2, 0.25) is 0 Å². The second kappa shape index (κ2) is 16.0. The van der Waals surface area contributed by atoms with E-state index in [1.807, 2.05) is 0 Å². The average Bonchev–Trinajstić information content (AvgIpc) is 2.75. The fourth-order valence-electron chi connectivity index (χ4n) is 3.10. The summed E-state index contributed by atoms with van der Waals surface area (Å²) >= 11 is 1.50. The van der Waals surface area contributed by atoms with E-state index >= 15 is 0 Å². The molecule has 12 nitrogen and oxygen atoms in total. The third-order valence-corrected chi connectivity index (χ3v) is 5.76. The molecule has 0 aromatic rings. The Morgan fingerprint density at radius 2 is 2.00 bits per heavy atom. The van der Waals surface area contributed by atoms with Crippen molar-refractivity contribution in [1.29, 1.82) is 0 Å². The molecule has 33 heavy (non-hydrogen) atoms. The maximum absolute atomic E-state index is 12.0. The van der Waals surface area contributed by atoms with Gasteiger partial charge in [-0.15, -0.1) is 0 Å². The van der Waals surface area contributed by atoms with Crippen molar-refractivity contribution in [3.63, 3.8) is 0 Å². The number of rotatable bonds is 14. The van der Waals surface area contributed by atoms with Crippen molar-refractivity contribution in [3.05, 3.63) is 12.7 Å². The molecule has 0 aromatic heterocycles. The molecule has 6 unspecified atom stereocenters. The van der Waals surface area contributed by atoms with E-state index in [1.54, 1.807) is 0 Å². The zero-order chi connectivity index (χ0) is 24.3. The Kier molecular flexibility index (Phi) is 15.7. The van der Waals surface area contributed by atoms with Gasteiger partial charge >= 0.3 is 35.5 Å². The molecule has 0 aromatic carbocycles. The predicted molar refractivity (Wildman–Crippen MR) is 114 cm³/mol. The number of carbonyl (C=O) groups excluding carboxylic acids is 2. The number of aliphatic hydroxyl groups is 4. The van der Waals surface area contributed by atoms with Crippen molar-refractivity contribution in [2.45, 2.75) is 56.0 Å². The minimum Gasteiger partial charge on any atom is -0.477 e. The van der Waals surface area contributed by atoms with Crippen molar-refractivity contribution < 1.29 is 78.9 Å². The Balaban J connectivity index is 0.0000102. The first-order chi connectivity index (χ1) is 15.1. The molecule has 1 aliphatic rings. The minimum absolute atomic E-state index is 0. The van der Waals surface area contributed by atoms with E-state index in [0.717, 1.165) is 6.92 Å². The predicted octanol–water partition coefficient (Wildman–Crippen LogP) is -5.42. The largest absolute Gasteiger partial charge is 1.00 e. The molecule has 0 radical (unpaired) electrons.